The number of rotatable bonds is 12. The molecule has 0 aliphatic rings. The number of nitrogens with one attached hydrogen (secondary N) is 1. The van der Waals surface area contributed by atoms with Gasteiger partial charge in [-0.1, -0.05) is 30.3 Å². The van der Waals surface area contributed by atoms with Gasteiger partial charge < -0.3 is 19.5 Å². The fraction of sp³-hybridized carbons (Fsp3) is 0.320. The zero-order chi connectivity index (χ0) is 22.8. The van der Waals surface area contributed by atoms with E-state index in [2.05, 4.69) is 21.7 Å². The molecule has 0 aliphatic carbocycles. The van der Waals surface area contributed by atoms with Crippen LogP contribution in [0.2, 0.25) is 0 Å². The van der Waals surface area contributed by atoms with Gasteiger partial charge in [0.2, 0.25) is 5.91 Å². The lowest BCUT2D eigenvalue weighted by atomic mass is 10.1. The number of amides is 1. The SMILES string of the molecule is COc1ccccc1CN(CC(=O)NCCc1ccc(OC)c(OC)c1)Cc1cccs1. The van der Waals surface area contributed by atoms with Crippen LogP contribution in [0, 0.1) is 0 Å². The predicted octanol–water partition coefficient (Wildman–Crippen LogP) is 4.14. The van der Waals surface area contributed by atoms with E-state index in [4.69, 9.17) is 14.2 Å². The predicted molar refractivity (Wildman–Crippen MR) is 128 cm³/mol. The standard InChI is InChI=1S/C25H30N2O4S/c1-29-22-9-5-4-7-20(22)16-27(17-21-8-6-14-32-21)18-25(28)26-13-12-19-10-11-23(30-2)24(15-19)31-3/h4-11,14-15H,12-13,16-18H2,1-3H3,(H,26,28). The zero-order valence-electron chi connectivity index (χ0n) is 18.8. The summed E-state index contributed by atoms with van der Waals surface area (Å²) >= 11 is 1.69. The highest BCUT2D eigenvalue weighted by atomic mass is 32.1. The molecule has 1 amide bonds. The van der Waals surface area contributed by atoms with Gasteiger partial charge in [0.1, 0.15) is 5.75 Å². The van der Waals surface area contributed by atoms with Crippen molar-refractivity contribution < 1.29 is 19.0 Å². The monoisotopic (exact) mass is 454 g/mol. The topological polar surface area (TPSA) is 60.0 Å². The number of benzene rings is 2. The third-order valence-corrected chi connectivity index (χ3v) is 5.96. The minimum absolute atomic E-state index is 0.00284. The molecule has 6 nitrogen and oxygen atoms in total. The molecule has 0 spiro atoms. The summed E-state index contributed by atoms with van der Waals surface area (Å²) in [6, 6.07) is 17.9. The maximum atomic E-state index is 12.7. The third-order valence-electron chi connectivity index (χ3n) is 5.10. The van der Waals surface area contributed by atoms with Crippen molar-refractivity contribution >= 4 is 17.2 Å². The van der Waals surface area contributed by atoms with Gasteiger partial charge in [-0.15, -0.1) is 11.3 Å². The quantitative estimate of drug-likeness (QED) is 0.446. The highest BCUT2D eigenvalue weighted by Crippen LogP contribution is 2.27. The number of nitrogens with zero attached hydrogens (tertiary/aromatic N) is 1. The second-order valence-electron chi connectivity index (χ2n) is 7.33. The number of para-hydroxylation sites is 1. The first kappa shape index (κ1) is 23.6. The highest BCUT2D eigenvalue weighted by Gasteiger charge is 2.15. The van der Waals surface area contributed by atoms with E-state index in [1.807, 2.05) is 48.5 Å². The Morgan fingerprint density at radius 3 is 2.41 bits per heavy atom. The summed E-state index contributed by atoms with van der Waals surface area (Å²) in [6.07, 6.45) is 0.712. The summed E-state index contributed by atoms with van der Waals surface area (Å²) in [5, 5.41) is 5.10. The molecule has 0 saturated carbocycles. The van der Waals surface area contributed by atoms with Crippen molar-refractivity contribution in [3.05, 3.63) is 76.0 Å². The van der Waals surface area contributed by atoms with E-state index in [9.17, 15) is 4.79 Å². The van der Waals surface area contributed by atoms with Gasteiger partial charge in [0.15, 0.2) is 11.5 Å². The first-order chi connectivity index (χ1) is 15.6. The molecule has 1 N–H and O–H groups in total. The summed E-state index contributed by atoms with van der Waals surface area (Å²) in [6.45, 7) is 2.20. The van der Waals surface area contributed by atoms with E-state index in [-0.39, 0.29) is 5.91 Å². The Hall–Kier alpha value is -3.03. The van der Waals surface area contributed by atoms with E-state index in [0.29, 0.717) is 44.1 Å². The van der Waals surface area contributed by atoms with Crippen LogP contribution in [-0.2, 0) is 24.3 Å². The first-order valence-corrected chi connectivity index (χ1v) is 11.3. The fourth-order valence-electron chi connectivity index (χ4n) is 3.51. The second-order valence-corrected chi connectivity index (χ2v) is 8.36. The summed E-state index contributed by atoms with van der Waals surface area (Å²) < 4.78 is 16.1. The van der Waals surface area contributed by atoms with E-state index in [0.717, 1.165) is 16.9 Å². The Balaban J connectivity index is 1.58. The van der Waals surface area contributed by atoms with Crippen LogP contribution in [0.25, 0.3) is 0 Å². The van der Waals surface area contributed by atoms with Crippen LogP contribution in [0.15, 0.2) is 60.0 Å². The van der Waals surface area contributed by atoms with Gasteiger partial charge in [-0.2, -0.15) is 0 Å². The largest absolute Gasteiger partial charge is 0.496 e. The maximum absolute atomic E-state index is 12.7. The fourth-order valence-corrected chi connectivity index (χ4v) is 4.25. The van der Waals surface area contributed by atoms with Crippen LogP contribution in [-0.4, -0.2) is 45.2 Å². The van der Waals surface area contributed by atoms with Gasteiger partial charge >= 0.3 is 0 Å². The summed E-state index contributed by atoms with van der Waals surface area (Å²) in [5.41, 5.74) is 2.14. The van der Waals surface area contributed by atoms with Gasteiger partial charge in [0.25, 0.3) is 0 Å². The number of methoxy groups -OCH3 is 3. The minimum Gasteiger partial charge on any atom is -0.496 e. The molecule has 2 aromatic carbocycles. The molecule has 170 valence electrons. The van der Waals surface area contributed by atoms with Crippen LogP contribution in [0.5, 0.6) is 17.2 Å². The summed E-state index contributed by atoms with van der Waals surface area (Å²) in [7, 11) is 4.90. The van der Waals surface area contributed by atoms with Crippen molar-refractivity contribution in [3.8, 4) is 17.2 Å². The van der Waals surface area contributed by atoms with Crippen LogP contribution < -0.4 is 19.5 Å². The molecule has 0 saturated heterocycles. The Kier molecular flexibility index (Phi) is 8.95. The first-order valence-electron chi connectivity index (χ1n) is 10.5. The number of ether oxygens (including phenoxy) is 3. The third kappa shape index (κ3) is 6.73. The number of hydrogen-bond acceptors (Lipinski definition) is 6. The maximum Gasteiger partial charge on any atom is 0.234 e. The van der Waals surface area contributed by atoms with Crippen LogP contribution in [0.1, 0.15) is 16.0 Å². The van der Waals surface area contributed by atoms with Gasteiger partial charge in [0, 0.05) is 30.1 Å². The average molecular weight is 455 g/mol. The number of carbonyl (C=O) groups is 1. The van der Waals surface area contributed by atoms with Crippen LogP contribution in [0.3, 0.4) is 0 Å². The van der Waals surface area contributed by atoms with Crippen molar-refractivity contribution in [1.82, 2.24) is 10.2 Å². The van der Waals surface area contributed by atoms with Gasteiger partial charge in [-0.05, 0) is 41.6 Å². The summed E-state index contributed by atoms with van der Waals surface area (Å²) in [5.74, 6) is 2.21. The van der Waals surface area contributed by atoms with Gasteiger partial charge in [0.05, 0.1) is 27.9 Å². The van der Waals surface area contributed by atoms with Gasteiger partial charge in [-0.3, -0.25) is 9.69 Å². The highest BCUT2D eigenvalue weighted by molar-refractivity contribution is 7.09. The lowest BCUT2D eigenvalue weighted by molar-refractivity contribution is -0.122. The number of thiophene rings is 1. The molecule has 1 aromatic heterocycles. The Bertz CT molecular complexity index is 991. The van der Waals surface area contributed by atoms with Crippen LogP contribution >= 0.6 is 11.3 Å². The van der Waals surface area contributed by atoms with Crippen molar-refractivity contribution in [2.45, 2.75) is 19.5 Å². The molecule has 0 aliphatic heterocycles. The van der Waals surface area contributed by atoms with E-state index < -0.39 is 0 Å². The Morgan fingerprint density at radius 2 is 1.69 bits per heavy atom. The van der Waals surface area contributed by atoms with Crippen molar-refractivity contribution in [1.29, 1.82) is 0 Å². The van der Waals surface area contributed by atoms with Crippen molar-refractivity contribution in [2.75, 3.05) is 34.4 Å². The molecular weight excluding hydrogens is 424 g/mol. The minimum atomic E-state index is -0.00284. The molecule has 3 aromatic rings. The normalized spacial score (nSPS) is 10.8. The van der Waals surface area contributed by atoms with E-state index in [1.165, 1.54) is 4.88 Å². The second kappa shape index (κ2) is 12.1. The average Bonchev–Trinajstić information content (AvgIpc) is 3.32. The Labute approximate surface area is 193 Å². The van der Waals surface area contributed by atoms with E-state index in [1.54, 1.807) is 32.7 Å². The smallest absolute Gasteiger partial charge is 0.234 e. The van der Waals surface area contributed by atoms with Crippen LogP contribution in [0.4, 0.5) is 0 Å². The summed E-state index contributed by atoms with van der Waals surface area (Å²) in [4.78, 5) is 16.1. The Morgan fingerprint density at radius 1 is 0.906 bits per heavy atom. The molecular formula is C25H30N2O4S. The number of hydrogen-bond donors (Lipinski definition) is 1. The molecule has 1 heterocycles. The molecule has 7 heteroatoms. The van der Waals surface area contributed by atoms with Crippen molar-refractivity contribution in [2.24, 2.45) is 0 Å². The molecule has 0 radical (unpaired) electrons. The zero-order valence-corrected chi connectivity index (χ0v) is 19.6. The molecule has 0 fully saturated rings. The lowest BCUT2D eigenvalue weighted by Gasteiger charge is -2.22. The molecule has 0 bridgehead atoms. The molecule has 3 rings (SSSR count). The van der Waals surface area contributed by atoms with E-state index >= 15 is 0 Å². The molecule has 0 unspecified atom stereocenters. The van der Waals surface area contributed by atoms with Gasteiger partial charge in [-0.25, -0.2) is 0 Å². The lowest BCUT2D eigenvalue weighted by Crippen LogP contribution is -2.37. The van der Waals surface area contributed by atoms with Crippen molar-refractivity contribution in [3.63, 3.8) is 0 Å². The molecule has 32 heavy (non-hydrogen) atoms. The number of carbonyl (C=O) groups excluding carboxylic acids is 1. The molecule has 0 atom stereocenters.